The largest absolute Gasteiger partial charge is 0.393 e. The second-order valence-electron chi connectivity index (χ2n) is 4.53. The molecule has 1 rings (SSSR count). The molecular formula is C9H19NO. The molecule has 0 aromatic carbocycles. The summed E-state index contributed by atoms with van der Waals surface area (Å²) in [5.41, 5.74) is 5.56. The maximum absolute atomic E-state index is 9.52. The molecule has 0 radical (unpaired) electrons. The zero-order valence-corrected chi connectivity index (χ0v) is 7.51. The zero-order valence-electron chi connectivity index (χ0n) is 7.51. The van der Waals surface area contributed by atoms with E-state index in [2.05, 4.69) is 0 Å². The lowest BCUT2D eigenvalue weighted by atomic mass is 9.95. The summed E-state index contributed by atoms with van der Waals surface area (Å²) in [6.45, 7) is 3.92. The quantitative estimate of drug-likeness (QED) is 0.645. The van der Waals surface area contributed by atoms with E-state index in [1.54, 1.807) is 0 Å². The molecule has 0 bridgehead atoms. The minimum Gasteiger partial charge on any atom is -0.393 e. The molecular weight excluding hydrogens is 138 g/mol. The van der Waals surface area contributed by atoms with Crippen LogP contribution in [0.15, 0.2) is 0 Å². The Labute approximate surface area is 68.8 Å². The van der Waals surface area contributed by atoms with Gasteiger partial charge in [0.2, 0.25) is 0 Å². The van der Waals surface area contributed by atoms with Crippen LogP contribution in [0.3, 0.4) is 0 Å². The van der Waals surface area contributed by atoms with Crippen LogP contribution in [-0.2, 0) is 0 Å². The molecule has 0 aromatic heterocycles. The van der Waals surface area contributed by atoms with Crippen LogP contribution in [0.5, 0.6) is 0 Å². The topological polar surface area (TPSA) is 46.2 Å². The van der Waals surface area contributed by atoms with E-state index in [9.17, 15) is 5.11 Å². The number of hydrogen-bond acceptors (Lipinski definition) is 2. The molecule has 2 nitrogen and oxygen atoms in total. The minimum atomic E-state index is -0.214. The standard InChI is InChI=1S/C9H19NO/c1-9(2,10)6-8(11)5-7-3-4-7/h7-8,11H,3-6,10H2,1-2H3. The van der Waals surface area contributed by atoms with Gasteiger partial charge in [0.05, 0.1) is 6.10 Å². The first-order valence-electron chi connectivity index (χ1n) is 4.44. The molecule has 66 valence electrons. The Morgan fingerprint density at radius 2 is 2.09 bits per heavy atom. The Kier molecular flexibility index (Phi) is 2.55. The molecule has 0 aliphatic heterocycles. The molecule has 1 aliphatic carbocycles. The third-order valence-corrected chi connectivity index (χ3v) is 2.06. The number of aliphatic hydroxyl groups excluding tert-OH is 1. The van der Waals surface area contributed by atoms with Gasteiger partial charge >= 0.3 is 0 Å². The Hall–Kier alpha value is -0.0800. The normalized spacial score (nSPS) is 21.8. The first kappa shape index (κ1) is 9.01. The van der Waals surface area contributed by atoms with Gasteiger partial charge < -0.3 is 10.8 Å². The van der Waals surface area contributed by atoms with Crippen LogP contribution in [0.1, 0.15) is 39.5 Å². The Morgan fingerprint density at radius 3 is 2.45 bits per heavy atom. The maximum atomic E-state index is 9.52. The first-order valence-corrected chi connectivity index (χ1v) is 4.44. The molecule has 1 atom stereocenters. The summed E-state index contributed by atoms with van der Waals surface area (Å²) in [4.78, 5) is 0. The predicted octanol–water partition coefficient (Wildman–Crippen LogP) is 1.27. The van der Waals surface area contributed by atoms with E-state index in [-0.39, 0.29) is 11.6 Å². The van der Waals surface area contributed by atoms with Gasteiger partial charge in [-0.15, -0.1) is 0 Å². The minimum absolute atomic E-state index is 0.178. The second-order valence-corrected chi connectivity index (χ2v) is 4.53. The van der Waals surface area contributed by atoms with E-state index in [1.165, 1.54) is 12.8 Å². The predicted molar refractivity (Wildman–Crippen MR) is 46.2 cm³/mol. The number of aliphatic hydroxyl groups is 1. The summed E-state index contributed by atoms with van der Waals surface area (Å²) in [7, 11) is 0. The molecule has 0 spiro atoms. The first-order chi connectivity index (χ1) is 4.97. The fourth-order valence-electron chi connectivity index (χ4n) is 1.43. The van der Waals surface area contributed by atoms with Crippen LogP contribution in [0.4, 0.5) is 0 Å². The van der Waals surface area contributed by atoms with Gasteiger partial charge in [-0.05, 0) is 32.6 Å². The van der Waals surface area contributed by atoms with E-state index in [0.29, 0.717) is 0 Å². The zero-order chi connectivity index (χ0) is 8.48. The van der Waals surface area contributed by atoms with Gasteiger partial charge in [0, 0.05) is 5.54 Å². The highest BCUT2D eigenvalue weighted by Gasteiger charge is 2.26. The molecule has 1 aliphatic rings. The van der Waals surface area contributed by atoms with Gasteiger partial charge in [-0.3, -0.25) is 0 Å². The molecule has 1 unspecified atom stereocenters. The van der Waals surface area contributed by atoms with E-state index in [4.69, 9.17) is 5.73 Å². The molecule has 2 heteroatoms. The van der Waals surface area contributed by atoms with E-state index < -0.39 is 0 Å². The monoisotopic (exact) mass is 157 g/mol. The molecule has 0 amide bonds. The van der Waals surface area contributed by atoms with Gasteiger partial charge in [-0.25, -0.2) is 0 Å². The molecule has 0 aromatic rings. The van der Waals surface area contributed by atoms with Crippen LogP contribution in [0.25, 0.3) is 0 Å². The SMILES string of the molecule is CC(C)(N)CC(O)CC1CC1. The highest BCUT2D eigenvalue weighted by atomic mass is 16.3. The Morgan fingerprint density at radius 1 is 1.55 bits per heavy atom. The molecule has 3 N–H and O–H groups in total. The van der Waals surface area contributed by atoms with Gasteiger partial charge in [0.15, 0.2) is 0 Å². The lowest BCUT2D eigenvalue weighted by Gasteiger charge is -2.22. The maximum Gasteiger partial charge on any atom is 0.0560 e. The fourth-order valence-corrected chi connectivity index (χ4v) is 1.43. The summed E-state index contributed by atoms with van der Waals surface area (Å²) >= 11 is 0. The summed E-state index contributed by atoms with van der Waals surface area (Å²) in [5.74, 6) is 0.798. The number of hydrogen-bond donors (Lipinski definition) is 2. The van der Waals surface area contributed by atoms with Crippen molar-refractivity contribution in [2.75, 3.05) is 0 Å². The average Bonchev–Trinajstić information content (AvgIpc) is 2.42. The third kappa shape index (κ3) is 4.38. The van der Waals surface area contributed by atoms with Crippen molar-refractivity contribution in [1.82, 2.24) is 0 Å². The van der Waals surface area contributed by atoms with E-state index >= 15 is 0 Å². The van der Waals surface area contributed by atoms with Crippen molar-refractivity contribution in [2.45, 2.75) is 51.2 Å². The van der Waals surface area contributed by atoms with Crippen molar-refractivity contribution >= 4 is 0 Å². The second kappa shape index (κ2) is 3.11. The third-order valence-electron chi connectivity index (χ3n) is 2.06. The van der Waals surface area contributed by atoms with Gasteiger partial charge in [0.1, 0.15) is 0 Å². The van der Waals surface area contributed by atoms with Crippen molar-refractivity contribution < 1.29 is 5.11 Å². The molecule has 11 heavy (non-hydrogen) atoms. The number of nitrogens with two attached hydrogens (primary N) is 1. The van der Waals surface area contributed by atoms with Gasteiger partial charge in [-0.1, -0.05) is 12.8 Å². The van der Waals surface area contributed by atoms with Crippen LogP contribution in [-0.4, -0.2) is 16.7 Å². The van der Waals surface area contributed by atoms with E-state index in [0.717, 1.165) is 18.8 Å². The smallest absolute Gasteiger partial charge is 0.0560 e. The summed E-state index contributed by atoms with van der Waals surface area (Å²) in [6.07, 6.45) is 4.12. The van der Waals surface area contributed by atoms with Crippen LogP contribution >= 0.6 is 0 Å². The van der Waals surface area contributed by atoms with Crippen LogP contribution in [0, 0.1) is 5.92 Å². The van der Waals surface area contributed by atoms with Crippen molar-refractivity contribution in [2.24, 2.45) is 11.7 Å². The van der Waals surface area contributed by atoms with Crippen molar-refractivity contribution in [1.29, 1.82) is 0 Å². The molecule has 1 saturated carbocycles. The average molecular weight is 157 g/mol. The van der Waals surface area contributed by atoms with Crippen molar-refractivity contribution in [3.05, 3.63) is 0 Å². The fraction of sp³-hybridized carbons (Fsp3) is 1.00. The summed E-state index contributed by atoms with van der Waals surface area (Å²) < 4.78 is 0. The Balaban J connectivity index is 2.13. The lowest BCUT2D eigenvalue weighted by molar-refractivity contribution is 0.125. The van der Waals surface area contributed by atoms with Crippen molar-refractivity contribution in [3.63, 3.8) is 0 Å². The highest BCUT2D eigenvalue weighted by molar-refractivity contribution is 4.81. The van der Waals surface area contributed by atoms with Gasteiger partial charge in [-0.2, -0.15) is 0 Å². The Bertz CT molecular complexity index is 124. The summed E-state index contributed by atoms with van der Waals surface area (Å²) in [6, 6.07) is 0. The molecule has 1 fully saturated rings. The lowest BCUT2D eigenvalue weighted by Crippen LogP contribution is -2.36. The summed E-state index contributed by atoms with van der Waals surface area (Å²) in [5, 5.41) is 9.52. The number of rotatable bonds is 4. The van der Waals surface area contributed by atoms with Crippen molar-refractivity contribution in [3.8, 4) is 0 Å². The van der Waals surface area contributed by atoms with Crippen LogP contribution < -0.4 is 5.73 Å². The van der Waals surface area contributed by atoms with Gasteiger partial charge in [0.25, 0.3) is 0 Å². The molecule has 0 saturated heterocycles. The van der Waals surface area contributed by atoms with E-state index in [1.807, 2.05) is 13.8 Å². The highest BCUT2D eigenvalue weighted by Crippen LogP contribution is 2.34. The van der Waals surface area contributed by atoms with Crippen LogP contribution in [0.2, 0.25) is 0 Å². The molecule has 0 heterocycles.